The van der Waals surface area contributed by atoms with E-state index in [-0.39, 0.29) is 11.9 Å². The molecule has 1 amide bonds. The van der Waals surface area contributed by atoms with Crippen molar-refractivity contribution < 1.29 is 14.3 Å². The van der Waals surface area contributed by atoms with Gasteiger partial charge in [-0.25, -0.2) is 9.67 Å². The summed E-state index contributed by atoms with van der Waals surface area (Å²) in [5.74, 6) is 2.92. The van der Waals surface area contributed by atoms with E-state index < -0.39 is 0 Å². The predicted molar refractivity (Wildman–Crippen MR) is 162 cm³/mol. The average molecular weight is 568 g/mol. The summed E-state index contributed by atoms with van der Waals surface area (Å²) in [6.45, 7) is 2.85. The molecule has 0 radical (unpaired) electrons. The van der Waals surface area contributed by atoms with Crippen LogP contribution in [0.1, 0.15) is 41.6 Å². The van der Waals surface area contributed by atoms with Crippen molar-refractivity contribution in [3.8, 4) is 23.0 Å². The molecule has 2 N–H and O–H groups in total. The number of aryl methyl sites for hydroxylation is 1. The van der Waals surface area contributed by atoms with Crippen molar-refractivity contribution in [2.24, 2.45) is 18.7 Å². The van der Waals surface area contributed by atoms with E-state index in [1.807, 2.05) is 42.4 Å². The van der Waals surface area contributed by atoms with Gasteiger partial charge in [0.05, 0.1) is 38.2 Å². The van der Waals surface area contributed by atoms with Gasteiger partial charge >= 0.3 is 0 Å². The summed E-state index contributed by atoms with van der Waals surface area (Å²) in [4.78, 5) is 20.4. The summed E-state index contributed by atoms with van der Waals surface area (Å²) < 4.78 is 17.7. The van der Waals surface area contributed by atoms with Crippen LogP contribution in [0, 0.1) is 5.92 Å². The minimum absolute atomic E-state index is 0.0174. The average Bonchev–Trinajstić information content (AvgIpc) is 3.51. The minimum atomic E-state index is -0.0287. The molecule has 10 heteroatoms. The smallest absolute Gasteiger partial charge is 0.254 e. The van der Waals surface area contributed by atoms with Crippen LogP contribution in [0.25, 0.3) is 33.6 Å². The van der Waals surface area contributed by atoms with Crippen molar-refractivity contribution >= 4 is 28.0 Å². The Morgan fingerprint density at radius 3 is 2.60 bits per heavy atom. The van der Waals surface area contributed by atoms with E-state index in [9.17, 15) is 4.79 Å². The van der Waals surface area contributed by atoms with Gasteiger partial charge in [-0.3, -0.25) is 4.79 Å². The Morgan fingerprint density at radius 2 is 1.88 bits per heavy atom. The minimum Gasteiger partial charge on any atom is -0.497 e. The molecule has 4 heterocycles. The second-order valence-electron chi connectivity index (χ2n) is 11.7. The van der Waals surface area contributed by atoms with Crippen molar-refractivity contribution in [3.63, 3.8) is 0 Å². The van der Waals surface area contributed by atoms with Gasteiger partial charge in [-0.1, -0.05) is 12.1 Å². The maximum atomic E-state index is 13.5. The molecular weight excluding hydrogens is 530 g/mol. The van der Waals surface area contributed by atoms with Gasteiger partial charge in [-0.15, -0.1) is 0 Å². The number of hydrogen-bond acceptors (Lipinski definition) is 6. The zero-order valence-electron chi connectivity index (χ0n) is 24.4. The van der Waals surface area contributed by atoms with Gasteiger partial charge in [0.2, 0.25) is 0 Å². The van der Waals surface area contributed by atoms with Crippen molar-refractivity contribution in [2.75, 3.05) is 27.3 Å². The van der Waals surface area contributed by atoms with Crippen LogP contribution in [0.5, 0.6) is 11.5 Å². The first-order chi connectivity index (χ1) is 20.4. The fraction of sp³-hybridized carbons (Fsp3) is 0.406. The normalized spacial score (nSPS) is 17.3. The quantitative estimate of drug-likeness (QED) is 0.297. The summed E-state index contributed by atoms with van der Waals surface area (Å²) in [6.07, 6.45) is 6.26. The van der Waals surface area contributed by atoms with Gasteiger partial charge in [0.1, 0.15) is 22.7 Å². The summed E-state index contributed by atoms with van der Waals surface area (Å²) in [7, 11) is 5.34. The molecule has 2 aliphatic rings. The number of piperidine rings is 1. The van der Waals surface area contributed by atoms with Crippen LogP contribution in [-0.4, -0.2) is 68.1 Å². The highest BCUT2D eigenvalue weighted by atomic mass is 16.5. The number of rotatable bonds is 8. The van der Waals surface area contributed by atoms with Gasteiger partial charge in [0, 0.05) is 43.7 Å². The molecule has 7 rings (SSSR count). The van der Waals surface area contributed by atoms with Gasteiger partial charge in [0.15, 0.2) is 5.82 Å². The van der Waals surface area contributed by atoms with Crippen LogP contribution in [0.4, 0.5) is 0 Å². The van der Waals surface area contributed by atoms with Gasteiger partial charge in [-0.2, -0.15) is 5.10 Å². The van der Waals surface area contributed by atoms with Crippen LogP contribution in [0.15, 0.2) is 48.7 Å². The van der Waals surface area contributed by atoms with E-state index in [1.165, 1.54) is 12.8 Å². The largest absolute Gasteiger partial charge is 0.497 e. The molecular formula is C32H37N7O3. The molecule has 2 fully saturated rings. The zero-order chi connectivity index (χ0) is 29.0. The maximum Gasteiger partial charge on any atom is 0.254 e. The Morgan fingerprint density at radius 1 is 1.07 bits per heavy atom. The highest BCUT2D eigenvalue weighted by molar-refractivity contribution is 6.00. The van der Waals surface area contributed by atoms with E-state index in [4.69, 9.17) is 25.3 Å². The first-order valence-corrected chi connectivity index (χ1v) is 14.7. The number of likely N-dealkylation sites (tertiary alicyclic amines) is 1. The third kappa shape index (κ3) is 4.69. The second kappa shape index (κ2) is 10.5. The van der Waals surface area contributed by atoms with Crippen LogP contribution < -0.4 is 15.2 Å². The number of amides is 1. The lowest BCUT2D eigenvalue weighted by Gasteiger charge is -2.30. The van der Waals surface area contributed by atoms with Gasteiger partial charge in [-0.05, 0) is 67.5 Å². The number of imidazole rings is 1. The number of aromatic nitrogens is 5. The third-order valence-electron chi connectivity index (χ3n) is 8.68. The number of methoxy groups -OCH3 is 2. The standard InChI is InChI=1S/C32H37N7O3/c1-36-29-26(13-22(15-28(29)42-3)32(40)37-12-4-5-24(33)19-37)35-30(36)27-14-23-16-34-39(31(23)38(27)17-20-6-7-20)18-21-8-10-25(41-2)11-9-21/h8-11,13-16,20,24H,4-7,12,17-19,33H2,1-3H3/t24-/m1/s1. The fourth-order valence-corrected chi connectivity index (χ4v) is 6.27. The van der Waals surface area contributed by atoms with Crippen LogP contribution in [0.3, 0.4) is 0 Å². The molecule has 5 aromatic rings. The number of ether oxygens (including phenoxy) is 2. The molecule has 2 aromatic carbocycles. The molecule has 0 unspecified atom stereocenters. The number of nitrogens with two attached hydrogens (primary N) is 1. The molecule has 3 aromatic heterocycles. The molecule has 1 aliphatic heterocycles. The Kier molecular flexibility index (Phi) is 6.65. The van der Waals surface area contributed by atoms with Crippen molar-refractivity contribution in [3.05, 3.63) is 59.8 Å². The molecule has 1 saturated carbocycles. The van der Waals surface area contributed by atoms with Crippen molar-refractivity contribution in [1.29, 1.82) is 0 Å². The number of carbonyl (C=O) groups excluding carboxylic acids is 1. The Hall–Kier alpha value is -4.31. The molecule has 218 valence electrons. The van der Waals surface area contributed by atoms with E-state index in [1.54, 1.807) is 14.2 Å². The first kappa shape index (κ1) is 26.6. The van der Waals surface area contributed by atoms with Gasteiger partial charge in [0.25, 0.3) is 5.91 Å². The highest BCUT2D eigenvalue weighted by Crippen LogP contribution is 2.38. The third-order valence-corrected chi connectivity index (χ3v) is 8.68. The number of carbonyl (C=O) groups is 1. The molecule has 42 heavy (non-hydrogen) atoms. The van der Waals surface area contributed by atoms with Gasteiger partial charge < -0.3 is 29.2 Å². The van der Waals surface area contributed by atoms with E-state index in [0.717, 1.165) is 70.8 Å². The number of benzene rings is 2. The van der Waals surface area contributed by atoms with Crippen LogP contribution in [-0.2, 0) is 20.1 Å². The van der Waals surface area contributed by atoms with E-state index in [0.29, 0.717) is 30.3 Å². The van der Waals surface area contributed by atoms with Crippen LogP contribution >= 0.6 is 0 Å². The summed E-state index contributed by atoms with van der Waals surface area (Å²) >= 11 is 0. The zero-order valence-corrected chi connectivity index (χ0v) is 24.4. The molecule has 1 aliphatic carbocycles. The molecule has 0 bridgehead atoms. The molecule has 10 nitrogen and oxygen atoms in total. The lowest BCUT2D eigenvalue weighted by molar-refractivity contribution is 0.0708. The van der Waals surface area contributed by atoms with E-state index >= 15 is 0 Å². The van der Waals surface area contributed by atoms with Crippen molar-refractivity contribution in [2.45, 2.75) is 44.8 Å². The molecule has 1 atom stereocenters. The summed E-state index contributed by atoms with van der Waals surface area (Å²) in [5.41, 5.74) is 11.6. The lowest BCUT2D eigenvalue weighted by atomic mass is 10.0. The number of hydrogen-bond donors (Lipinski definition) is 1. The maximum absolute atomic E-state index is 13.5. The summed E-state index contributed by atoms with van der Waals surface area (Å²) in [5, 5.41) is 5.84. The first-order valence-electron chi connectivity index (χ1n) is 14.7. The number of fused-ring (bicyclic) bond motifs is 2. The predicted octanol–water partition coefficient (Wildman–Crippen LogP) is 4.43. The SMILES string of the molecule is COc1ccc(Cn2ncc3cc(-c4nc5cc(C(=O)N6CCC[C@@H](N)C6)cc(OC)c5n4C)n(CC4CC4)c32)cc1. The summed E-state index contributed by atoms with van der Waals surface area (Å²) in [6, 6.07) is 14.1. The molecule has 0 spiro atoms. The second-order valence-corrected chi connectivity index (χ2v) is 11.7. The Bertz CT molecular complexity index is 1780. The Labute approximate surface area is 244 Å². The topological polar surface area (TPSA) is 105 Å². The monoisotopic (exact) mass is 567 g/mol. The number of nitrogens with zero attached hydrogens (tertiary/aromatic N) is 6. The van der Waals surface area contributed by atoms with E-state index in [2.05, 4.69) is 32.0 Å². The van der Waals surface area contributed by atoms with Crippen molar-refractivity contribution in [1.82, 2.24) is 28.8 Å². The lowest BCUT2D eigenvalue weighted by Crippen LogP contribution is -2.45. The fourth-order valence-electron chi connectivity index (χ4n) is 6.27. The Balaban J connectivity index is 1.31. The molecule has 1 saturated heterocycles. The van der Waals surface area contributed by atoms with Crippen LogP contribution in [0.2, 0.25) is 0 Å². The highest BCUT2D eigenvalue weighted by Gasteiger charge is 2.29.